The second kappa shape index (κ2) is 9.42. The van der Waals surface area contributed by atoms with E-state index in [1.54, 1.807) is 0 Å². The molecule has 1 N–H and O–H groups in total. The smallest absolute Gasteiger partial charge is 0.154 e. The normalized spacial score (nSPS) is 10.8. The van der Waals surface area contributed by atoms with Crippen LogP contribution in [0.2, 0.25) is 0 Å². The second-order valence-electron chi connectivity index (χ2n) is 7.50. The molecule has 0 radical (unpaired) electrons. The van der Waals surface area contributed by atoms with Gasteiger partial charge in [-0.15, -0.1) is 0 Å². The van der Waals surface area contributed by atoms with Crippen molar-refractivity contribution in [3.63, 3.8) is 0 Å². The summed E-state index contributed by atoms with van der Waals surface area (Å²) in [5.41, 5.74) is 2.66. The molecule has 0 saturated carbocycles. The molecule has 0 aliphatic heterocycles. The van der Waals surface area contributed by atoms with Crippen LogP contribution in [0.15, 0.2) is 39.4 Å². The fourth-order valence-corrected chi connectivity index (χ4v) is 2.30. The van der Waals surface area contributed by atoms with E-state index in [2.05, 4.69) is 83.4 Å². The maximum Gasteiger partial charge on any atom is 0.154 e. The van der Waals surface area contributed by atoms with E-state index in [9.17, 15) is 0 Å². The van der Waals surface area contributed by atoms with Gasteiger partial charge in [-0.3, -0.25) is 4.98 Å². The molecule has 0 fully saturated rings. The molecule has 0 amide bonds. The zero-order valence-corrected chi connectivity index (χ0v) is 18.6. The summed E-state index contributed by atoms with van der Waals surface area (Å²) < 4.78 is 1.79. The number of aromatic nitrogens is 2. The maximum atomic E-state index is 8.77. The molecule has 0 aliphatic carbocycles. The molecule has 2 rings (SSSR count). The molecule has 2 heterocycles. The molecular formula is C19H24Br2N3O-. The number of pyridine rings is 2. The molecular weight excluding hydrogens is 446 g/mol. The molecule has 0 bridgehead atoms. The predicted molar refractivity (Wildman–Crippen MR) is 108 cm³/mol. The summed E-state index contributed by atoms with van der Waals surface area (Å²) >= 11 is 6.62. The summed E-state index contributed by atoms with van der Waals surface area (Å²) in [6, 6.07) is 9.92. The van der Waals surface area contributed by atoms with Gasteiger partial charge in [-0.25, -0.2) is 4.98 Å². The van der Waals surface area contributed by atoms with Gasteiger partial charge in [0.1, 0.15) is 6.07 Å². The first-order chi connectivity index (χ1) is 10.9. The van der Waals surface area contributed by atoms with Crippen molar-refractivity contribution in [2.45, 2.75) is 52.4 Å². The highest BCUT2D eigenvalue weighted by Crippen LogP contribution is 2.23. The highest BCUT2D eigenvalue weighted by atomic mass is 79.9. The van der Waals surface area contributed by atoms with E-state index in [1.165, 1.54) is 0 Å². The van der Waals surface area contributed by atoms with E-state index in [4.69, 9.17) is 5.26 Å². The summed E-state index contributed by atoms with van der Waals surface area (Å²) in [5.74, 6) is 0. The molecule has 0 saturated heterocycles. The number of rotatable bonds is 0. The lowest BCUT2D eigenvalue weighted by Gasteiger charge is -2.17. The van der Waals surface area contributed by atoms with Crippen LogP contribution in [0, 0.1) is 11.3 Å². The van der Waals surface area contributed by atoms with E-state index in [-0.39, 0.29) is 16.3 Å². The standard InChI is InChI=1S/C10H11BrN2.C9H12BrN.H2O/c1-10(2,3)9-5-4-7(11)8(6-12)13-9;1-9(2,3)8-5-4-7(10)6-11-8;/h4-5H,1-3H3;4-6H,1-3H3;1H2/p-1. The minimum atomic E-state index is -0.00764. The number of halogens is 2. The van der Waals surface area contributed by atoms with Crippen LogP contribution >= 0.6 is 31.9 Å². The van der Waals surface area contributed by atoms with Crippen molar-refractivity contribution in [3.8, 4) is 6.07 Å². The van der Waals surface area contributed by atoms with Crippen molar-refractivity contribution >= 4 is 31.9 Å². The summed E-state index contributed by atoms with van der Waals surface area (Å²) in [6.45, 7) is 12.7. The maximum absolute atomic E-state index is 8.77. The molecule has 0 aliphatic rings. The van der Waals surface area contributed by atoms with Crippen LogP contribution in [0.1, 0.15) is 58.6 Å². The Bertz CT molecular complexity index is 724. The van der Waals surface area contributed by atoms with Crippen molar-refractivity contribution in [3.05, 3.63) is 56.5 Å². The number of hydrogen-bond donors (Lipinski definition) is 0. The van der Waals surface area contributed by atoms with Crippen LogP contribution in [0.5, 0.6) is 0 Å². The number of hydrogen-bond acceptors (Lipinski definition) is 4. The average Bonchev–Trinajstić information content (AvgIpc) is 2.46. The molecule has 6 heteroatoms. The Morgan fingerprint density at radius 2 is 1.40 bits per heavy atom. The highest BCUT2D eigenvalue weighted by Gasteiger charge is 2.16. The lowest BCUT2D eigenvalue weighted by Crippen LogP contribution is -2.13. The van der Waals surface area contributed by atoms with Crippen LogP contribution in [0.3, 0.4) is 0 Å². The van der Waals surface area contributed by atoms with Gasteiger partial charge < -0.3 is 5.48 Å². The van der Waals surface area contributed by atoms with Crippen LogP contribution in [-0.4, -0.2) is 15.4 Å². The van der Waals surface area contributed by atoms with Gasteiger partial charge in [-0.1, -0.05) is 41.5 Å². The number of nitriles is 1. The quantitative estimate of drug-likeness (QED) is 0.475. The monoisotopic (exact) mass is 468 g/mol. The van der Waals surface area contributed by atoms with Crippen molar-refractivity contribution in [1.82, 2.24) is 9.97 Å². The summed E-state index contributed by atoms with van der Waals surface area (Å²) in [7, 11) is 0. The minimum absolute atomic E-state index is 0. The van der Waals surface area contributed by atoms with Gasteiger partial charge in [0.2, 0.25) is 0 Å². The Morgan fingerprint density at radius 3 is 1.80 bits per heavy atom. The first-order valence-electron chi connectivity index (χ1n) is 7.64. The molecule has 25 heavy (non-hydrogen) atoms. The van der Waals surface area contributed by atoms with Crippen molar-refractivity contribution in [2.24, 2.45) is 0 Å². The molecule has 2 aromatic rings. The molecule has 136 valence electrons. The van der Waals surface area contributed by atoms with E-state index < -0.39 is 0 Å². The van der Waals surface area contributed by atoms with Crippen LogP contribution in [-0.2, 0) is 10.8 Å². The van der Waals surface area contributed by atoms with E-state index in [1.807, 2.05) is 36.5 Å². The fraction of sp³-hybridized carbons (Fsp3) is 0.421. The summed E-state index contributed by atoms with van der Waals surface area (Å²) in [6.07, 6.45) is 1.83. The van der Waals surface area contributed by atoms with Gasteiger partial charge in [0.25, 0.3) is 0 Å². The molecule has 0 spiro atoms. The van der Waals surface area contributed by atoms with Crippen LogP contribution in [0.25, 0.3) is 0 Å². The van der Waals surface area contributed by atoms with Crippen molar-refractivity contribution < 1.29 is 5.48 Å². The van der Waals surface area contributed by atoms with Crippen molar-refractivity contribution in [1.29, 1.82) is 5.26 Å². The SMILES string of the molecule is CC(C)(C)c1ccc(Br)c(C#N)n1.CC(C)(C)c1ccc(Br)cn1.[OH-]. The molecule has 4 nitrogen and oxygen atoms in total. The van der Waals surface area contributed by atoms with Gasteiger partial charge in [0.05, 0.1) is 4.47 Å². The Labute approximate surface area is 167 Å². The second-order valence-corrected chi connectivity index (χ2v) is 9.27. The van der Waals surface area contributed by atoms with Gasteiger partial charge in [-0.05, 0) is 56.1 Å². The van der Waals surface area contributed by atoms with Gasteiger partial charge in [-0.2, -0.15) is 5.26 Å². The third-order valence-electron chi connectivity index (χ3n) is 3.22. The van der Waals surface area contributed by atoms with Gasteiger partial charge >= 0.3 is 0 Å². The van der Waals surface area contributed by atoms with E-state index in [0.29, 0.717) is 5.69 Å². The van der Waals surface area contributed by atoms with Crippen molar-refractivity contribution in [2.75, 3.05) is 0 Å². The minimum Gasteiger partial charge on any atom is -0.870 e. The zero-order chi connectivity index (χ0) is 18.5. The van der Waals surface area contributed by atoms with Gasteiger partial charge in [0, 0.05) is 32.9 Å². The molecule has 0 unspecified atom stereocenters. The lowest BCUT2D eigenvalue weighted by molar-refractivity contribution is 0.568. The summed E-state index contributed by atoms with van der Waals surface area (Å²) in [5, 5.41) is 8.77. The Balaban J connectivity index is 0.000000449. The number of nitrogens with zero attached hydrogens (tertiary/aromatic N) is 3. The third-order valence-corrected chi connectivity index (χ3v) is 4.33. The van der Waals surface area contributed by atoms with Crippen LogP contribution < -0.4 is 0 Å². The van der Waals surface area contributed by atoms with Gasteiger partial charge in [0.15, 0.2) is 5.69 Å². The summed E-state index contributed by atoms with van der Waals surface area (Å²) in [4.78, 5) is 8.56. The topological polar surface area (TPSA) is 79.6 Å². The largest absolute Gasteiger partial charge is 0.870 e. The third kappa shape index (κ3) is 7.64. The Hall–Kier alpha value is -1.29. The van der Waals surface area contributed by atoms with E-state index >= 15 is 0 Å². The molecule has 0 aromatic carbocycles. The molecule has 2 aromatic heterocycles. The molecule has 0 atom stereocenters. The fourth-order valence-electron chi connectivity index (χ4n) is 1.76. The average molecular weight is 470 g/mol. The Kier molecular flexibility index (Phi) is 8.93. The predicted octanol–water partition coefficient (Wildman–Crippen LogP) is 5.98. The first kappa shape index (κ1) is 23.7. The highest BCUT2D eigenvalue weighted by molar-refractivity contribution is 9.10. The first-order valence-corrected chi connectivity index (χ1v) is 9.23. The zero-order valence-electron chi connectivity index (χ0n) is 15.4. The lowest BCUT2D eigenvalue weighted by atomic mass is 9.91. The Morgan fingerprint density at radius 1 is 0.880 bits per heavy atom. The van der Waals surface area contributed by atoms with Crippen LogP contribution in [0.4, 0.5) is 0 Å². The van der Waals surface area contributed by atoms with E-state index in [0.717, 1.165) is 20.3 Å².